The maximum Gasteiger partial charge on any atom is 0.337 e. The molecular weight excluding hydrogens is 374 g/mol. The van der Waals surface area contributed by atoms with Crippen LogP contribution in [-0.4, -0.2) is 22.6 Å². The number of hydrogen-bond donors (Lipinski definition) is 0. The Bertz CT molecular complexity index is 1230. The Balaban J connectivity index is 1.94. The second-order valence-electron chi connectivity index (χ2n) is 6.54. The van der Waals surface area contributed by atoms with E-state index in [9.17, 15) is 13.6 Å². The molecule has 0 spiro atoms. The lowest BCUT2D eigenvalue weighted by atomic mass is 9.98. The average Bonchev–Trinajstić information content (AvgIpc) is 3.10. The number of imidazole rings is 1. The van der Waals surface area contributed by atoms with Crippen LogP contribution in [0.15, 0.2) is 60.7 Å². The lowest BCUT2D eigenvalue weighted by Crippen LogP contribution is -2.01. The minimum atomic E-state index is -0.635. The molecule has 0 saturated carbocycles. The molecule has 29 heavy (non-hydrogen) atoms. The molecule has 0 atom stereocenters. The largest absolute Gasteiger partial charge is 0.465 e. The van der Waals surface area contributed by atoms with Crippen molar-refractivity contribution >= 4 is 17.0 Å². The first-order valence-corrected chi connectivity index (χ1v) is 9.17. The van der Waals surface area contributed by atoms with Gasteiger partial charge in [0.1, 0.15) is 17.5 Å². The van der Waals surface area contributed by atoms with Gasteiger partial charge < -0.3 is 9.30 Å². The molecule has 0 aliphatic heterocycles. The van der Waals surface area contributed by atoms with Crippen LogP contribution in [0.4, 0.5) is 8.78 Å². The maximum absolute atomic E-state index is 14.5. The molecule has 1 aromatic heterocycles. The van der Waals surface area contributed by atoms with Crippen molar-refractivity contribution in [2.24, 2.45) is 0 Å². The number of esters is 1. The second-order valence-corrected chi connectivity index (χ2v) is 6.54. The van der Waals surface area contributed by atoms with E-state index in [4.69, 9.17) is 9.72 Å². The van der Waals surface area contributed by atoms with E-state index in [0.717, 1.165) is 17.1 Å². The summed E-state index contributed by atoms with van der Waals surface area (Å²) in [5, 5.41) is 0. The van der Waals surface area contributed by atoms with Gasteiger partial charge in [-0.1, -0.05) is 24.3 Å². The topological polar surface area (TPSA) is 44.1 Å². The number of rotatable bonds is 4. The first-order chi connectivity index (χ1) is 14.0. The van der Waals surface area contributed by atoms with E-state index in [1.807, 2.05) is 29.7 Å². The summed E-state index contributed by atoms with van der Waals surface area (Å²) in [6, 6.07) is 16.0. The molecule has 0 amide bonds. The lowest BCUT2D eigenvalue weighted by Gasteiger charge is -2.12. The van der Waals surface area contributed by atoms with Crippen LogP contribution < -0.4 is 0 Å². The number of ether oxygens (including phenoxy) is 1. The molecule has 0 saturated heterocycles. The molecule has 0 bridgehead atoms. The van der Waals surface area contributed by atoms with Crippen molar-refractivity contribution in [3.63, 3.8) is 0 Å². The number of carbonyl (C=O) groups excluding carboxylic acids is 1. The fourth-order valence-corrected chi connectivity index (χ4v) is 3.52. The van der Waals surface area contributed by atoms with Gasteiger partial charge in [0.05, 0.1) is 23.7 Å². The minimum absolute atomic E-state index is 0.298. The first-order valence-electron chi connectivity index (χ1n) is 9.17. The third kappa shape index (κ3) is 3.27. The highest BCUT2D eigenvalue weighted by atomic mass is 19.1. The molecule has 146 valence electrons. The number of carbonyl (C=O) groups is 1. The van der Waals surface area contributed by atoms with Gasteiger partial charge in [-0.2, -0.15) is 0 Å². The number of halogens is 2. The average molecular weight is 392 g/mol. The van der Waals surface area contributed by atoms with Gasteiger partial charge in [0, 0.05) is 23.7 Å². The predicted molar refractivity (Wildman–Crippen MR) is 108 cm³/mol. The van der Waals surface area contributed by atoms with Gasteiger partial charge in [0.15, 0.2) is 0 Å². The van der Waals surface area contributed by atoms with Crippen molar-refractivity contribution in [3.05, 3.63) is 77.9 Å². The normalized spacial score (nSPS) is 11.0. The summed E-state index contributed by atoms with van der Waals surface area (Å²) < 4.78 is 34.6. The Morgan fingerprint density at radius 3 is 2.45 bits per heavy atom. The number of aryl methyl sites for hydroxylation is 1. The van der Waals surface area contributed by atoms with Gasteiger partial charge in [-0.3, -0.25) is 0 Å². The third-order valence-corrected chi connectivity index (χ3v) is 4.87. The quantitative estimate of drug-likeness (QED) is 0.434. The van der Waals surface area contributed by atoms with Crippen LogP contribution in [0.3, 0.4) is 0 Å². The van der Waals surface area contributed by atoms with Crippen molar-refractivity contribution in [1.82, 2.24) is 9.55 Å². The monoisotopic (exact) mass is 392 g/mol. The highest BCUT2D eigenvalue weighted by molar-refractivity contribution is 5.95. The van der Waals surface area contributed by atoms with Gasteiger partial charge >= 0.3 is 5.97 Å². The van der Waals surface area contributed by atoms with E-state index in [-0.39, 0.29) is 0 Å². The zero-order valence-electron chi connectivity index (χ0n) is 15.9. The van der Waals surface area contributed by atoms with E-state index in [1.54, 1.807) is 24.3 Å². The highest BCUT2D eigenvalue weighted by Crippen LogP contribution is 2.35. The number of fused-ring (bicyclic) bond motifs is 1. The fourth-order valence-electron chi connectivity index (χ4n) is 3.52. The van der Waals surface area contributed by atoms with E-state index in [1.165, 1.54) is 19.2 Å². The predicted octanol–water partition coefficient (Wildman–Crippen LogP) is 5.46. The van der Waals surface area contributed by atoms with E-state index < -0.39 is 17.6 Å². The molecule has 4 rings (SSSR count). The van der Waals surface area contributed by atoms with Gasteiger partial charge in [-0.25, -0.2) is 18.6 Å². The maximum atomic E-state index is 14.5. The number of nitrogens with zero attached hydrogens (tertiary/aromatic N) is 2. The number of aromatic nitrogens is 2. The Labute approximate surface area is 166 Å². The molecule has 3 aromatic carbocycles. The molecular formula is C23H18F2N2O2. The Kier molecular flexibility index (Phi) is 4.84. The zero-order chi connectivity index (χ0) is 20.5. The van der Waals surface area contributed by atoms with Crippen molar-refractivity contribution in [2.45, 2.75) is 13.5 Å². The molecule has 0 fully saturated rings. The van der Waals surface area contributed by atoms with Crippen molar-refractivity contribution < 1.29 is 18.3 Å². The number of methoxy groups -OCH3 is 1. The summed E-state index contributed by atoms with van der Waals surface area (Å²) in [6.07, 6.45) is 0. The summed E-state index contributed by atoms with van der Waals surface area (Å²) in [4.78, 5) is 16.6. The molecule has 4 aromatic rings. The summed E-state index contributed by atoms with van der Waals surface area (Å²) in [7, 11) is 1.33. The SMILES string of the molecule is CCn1c(-c2ccccc2-c2ccc(F)cc2F)nc2cc(C(=O)OC)ccc21. The van der Waals surface area contributed by atoms with Crippen LogP contribution in [0.1, 0.15) is 17.3 Å². The Hall–Kier alpha value is -3.54. The number of hydrogen-bond acceptors (Lipinski definition) is 3. The van der Waals surface area contributed by atoms with E-state index in [2.05, 4.69) is 0 Å². The van der Waals surface area contributed by atoms with Crippen LogP contribution in [0, 0.1) is 11.6 Å². The van der Waals surface area contributed by atoms with Crippen molar-refractivity contribution in [3.8, 4) is 22.5 Å². The Morgan fingerprint density at radius 1 is 1.00 bits per heavy atom. The van der Waals surface area contributed by atoms with Crippen LogP contribution >= 0.6 is 0 Å². The fraction of sp³-hybridized carbons (Fsp3) is 0.130. The van der Waals surface area contributed by atoms with Gasteiger partial charge in [-0.15, -0.1) is 0 Å². The number of benzene rings is 3. The minimum Gasteiger partial charge on any atom is -0.465 e. The summed E-state index contributed by atoms with van der Waals surface area (Å²) >= 11 is 0. The molecule has 6 heteroatoms. The zero-order valence-corrected chi connectivity index (χ0v) is 15.9. The molecule has 0 unspecified atom stereocenters. The molecule has 1 heterocycles. The molecule has 0 aliphatic rings. The van der Waals surface area contributed by atoms with Crippen LogP contribution in [0.5, 0.6) is 0 Å². The smallest absolute Gasteiger partial charge is 0.337 e. The summed E-state index contributed by atoms with van der Waals surface area (Å²) in [5.41, 5.74) is 3.53. The van der Waals surface area contributed by atoms with E-state index in [0.29, 0.717) is 34.6 Å². The molecule has 0 radical (unpaired) electrons. The van der Waals surface area contributed by atoms with Gasteiger partial charge in [0.25, 0.3) is 0 Å². The van der Waals surface area contributed by atoms with Gasteiger partial charge in [-0.05, 0) is 42.8 Å². The van der Waals surface area contributed by atoms with Gasteiger partial charge in [0.2, 0.25) is 0 Å². The second kappa shape index (κ2) is 7.47. The third-order valence-electron chi connectivity index (χ3n) is 4.87. The Morgan fingerprint density at radius 2 is 1.76 bits per heavy atom. The van der Waals surface area contributed by atoms with E-state index >= 15 is 0 Å². The first kappa shape index (κ1) is 18.8. The van der Waals surface area contributed by atoms with Crippen LogP contribution in [0.2, 0.25) is 0 Å². The lowest BCUT2D eigenvalue weighted by molar-refractivity contribution is 0.0601. The standard InChI is InChI=1S/C23H18F2N2O2/c1-3-27-21-11-8-14(23(28)29-2)12-20(21)26-22(27)18-7-5-4-6-16(18)17-10-9-15(24)13-19(17)25/h4-13H,3H2,1-2H3. The van der Waals surface area contributed by atoms with Crippen LogP contribution in [0.25, 0.3) is 33.5 Å². The molecule has 4 nitrogen and oxygen atoms in total. The highest BCUT2D eigenvalue weighted by Gasteiger charge is 2.18. The molecule has 0 N–H and O–H groups in total. The molecule has 0 aliphatic carbocycles. The van der Waals surface area contributed by atoms with Crippen molar-refractivity contribution in [2.75, 3.05) is 7.11 Å². The summed E-state index contributed by atoms with van der Waals surface area (Å²) in [6.45, 7) is 2.61. The van der Waals surface area contributed by atoms with Crippen LogP contribution in [-0.2, 0) is 11.3 Å². The summed E-state index contributed by atoms with van der Waals surface area (Å²) in [5.74, 6) is -1.05. The van der Waals surface area contributed by atoms with Crippen molar-refractivity contribution in [1.29, 1.82) is 0 Å².